The summed E-state index contributed by atoms with van der Waals surface area (Å²) in [6.45, 7) is 18.3. The second kappa shape index (κ2) is 10.8. The lowest BCUT2D eigenvalue weighted by atomic mass is 10.8. The highest BCUT2D eigenvalue weighted by Crippen LogP contribution is 2.25. The zero-order chi connectivity index (χ0) is 19.8. The van der Waals surface area contributed by atoms with E-state index < -0.39 is 34.2 Å². The van der Waals surface area contributed by atoms with Crippen LogP contribution in [0.2, 0.25) is 52.4 Å². The highest BCUT2D eigenvalue weighted by atomic mass is 28.5. The van der Waals surface area contributed by atoms with E-state index in [0.717, 1.165) is 0 Å². The quantitative estimate of drug-likeness (QED) is 0.310. The van der Waals surface area contributed by atoms with Gasteiger partial charge in [-0.25, -0.2) is 0 Å². The first-order valence-electron chi connectivity index (χ1n) is 8.60. The molecule has 0 aromatic carbocycles. The van der Waals surface area contributed by atoms with Crippen molar-refractivity contribution in [2.24, 2.45) is 0 Å². The van der Waals surface area contributed by atoms with E-state index in [0.29, 0.717) is 26.4 Å². The van der Waals surface area contributed by atoms with Gasteiger partial charge in [0.1, 0.15) is 0 Å². The topological polar surface area (TPSA) is 64.6 Å². The van der Waals surface area contributed by atoms with Crippen LogP contribution in [0.15, 0.2) is 0 Å². The van der Waals surface area contributed by atoms with Gasteiger partial charge in [0.05, 0.1) is 26.4 Å². The molecule has 0 rings (SSSR count). The van der Waals surface area contributed by atoms with Crippen molar-refractivity contribution in [3.05, 3.63) is 0 Å². The van der Waals surface area contributed by atoms with Crippen molar-refractivity contribution in [3.63, 3.8) is 0 Å². The first-order chi connectivity index (χ1) is 11.2. The van der Waals surface area contributed by atoms with Crippen molar-refractivity contribution in [1.82, 2.24) is 0 Å². The van der Waals surface area contributed by atoms with Crippen molar-refractivity contribution in [2.45, 2.75) is 52.4 Å². The second-order valence-corrected chi connectivity index (χ2v) is 22.9. The van der Waals surface area contributed by atoms with Crippen LogP contribution < -0.4 is 0 Å². The molecule has 25 heavy (non-hydrogen) atoms. The summed E-state index contributed by atoms with van der Waals surface area (Å²) >= 11 is 0. The van der Waals surface area contributed by atoms with Crippen molar-refractivity contribution in [1.29, 1.82) is 0 Å². The molecule has 2 unspecified atom stereocenters. The monoisotopic (exact) mass is 430 g/mol. The molecule has 0 fully saturated rings. The number of ether oxygens (including phenoxy) is 2. The first-order valence-corrected chi connectivity index (χ1v) is 19.9. The highest BCUT2D eigenvalue weighted by molar-refractivity contribution is 6.86. The molecular formula is C14H38O7Si4. The summed E-state index contributed by atoms with van der Waals surface area (Å²) in [4.78, 5) is 0. The van der Waals surface area contributed by atoms with Crippen LogP contribution in [-0.2, 0) is 30.7 Å². The van der Waals surface area contributed by atoms with E-state index >= 15 is 0 Å². The number of hydrogen-bond acceptors (Lipinski definition) is 7. The van der Waals surface area contributed by atoms with Gasteiger partial charge in [-0.05, 0) is 39.3 Å². The molecule has 152 valence electrons. The normalized spacial score (nSPS) is 18.0. The Balaban J connectivity index is 5.31. The minimum absolute atomic E-state index is 0.416. The van der Waals surface area contributed by atoms with E-state index in [-0.39, 0.29) is 0 Å². The van der Waals surface area contributed by atoms with Crippen molar-refractivity contribution in [3.8, 4) is 0 Å². The van der Waals surface area contributed by atoms with Crippen molar-refractivity contribution in [2.75, 3.05) is 40.6 Å². The SMILES string of the molecule is COCCO[Si](C)(O[Si](C)(C)C)O[Si](C)(OCCOC)O[Si](C)(C)C. The summed E-state index contributed by atoms with van der Waals surface area (Å²) < 4.78 is 41.3. The molecule has 0 aliphatic rings. The zero-order valence-electron chi connectivity index (χ0n) is 17.7. The van der Waals surface area contributed by atoms with Gasteiger partial charge in [-0.15, -0.1) is 0 Å². The molecule has 0 aliphatic carbocycles. The Morgan fingerprint density at radius 1 is 0.480 bits per heavy atom. The van der Waals surface area contributed by atoms with Crippen LogP contribution in [0.25, 0.3) is 0 Å². The zero-order valence-corrected chi connectivity index (χ0v) is 21.7. The van der Waals surface area contributed by atoms with Gasteiger partial charge in [0.2, 0.25) is 0 Å². The highest BCUT2D eigenvalue weighted by Gasteiger charge is 2.51. The minimum atomic E-state index is -2.94. The van der Waals surface area contributed by atoms with Crippen LogP contribution >= 0.6 is 0 Å². The van der Waals surface area contributed by atoms with Crippen LogP contribution in [0.4, 0.5) is 0 Å². The molecule has 2 atom stereocenters. The molecule has 0 aromatic rings. The summed E-state index contributed by atoms with van der Waals surface area (Å²) in [7, 11) is -6.36. The van der Waals surface area contributed by atoms with E-state index in [1.54, 1.807) is 14.2 Å². The summed E-state index contributed by atoms with van der Waals surface area (Å²) in [5.41, 5.74) is 0. The van der Waals surface area contributed by atoms with Crippen molar-refractivity contribution < 1.29 is 30.7 Å². The Hall–Kier alpha value is 0.588. The average molecular weight is 431 g/mol. The molecule has 7 nitrogen and oxygen atoms in total. The fraction of sp³-hybridized carbons (Fsp3) is 1.00. The third kappa shape index (κ3) is 13.4. The Kier molecular flexibility index (Phi) is 11.1. The van der Waals surface area contributed by atoms with Gasteiger partial charge in [0, 0.05) is 27.3 Å². The maximum Gasteiger partial charge on any atom is 0.479 e. The minimum Gasteiger partial charge on any atom is -0.416 e. The molecule has 11 heteroatoms. The molecule has 0 radical (unpaired) electrons. The Morgan fingerprint density at radius 3 is 1.04 bits per heavy atom. The molecule has 0 spiro atoms. The fourth-order valence-corrected chi connectivity index (χ4v) is 16.8. The summed E-state index contributed by atoms with van der Waals surface area (Å²) in [6, 6.07) is 0. The maximum absolute atomic E-state index is 6.42. The number of rotatable bonds is 14. The molecule has 0 aromatic heterocycles. The second-order valence-electron chi connectivity index (χ2n) is 7.94. The van der Waals surface area contributed by atoms with Crippen LogP contribution in [0.5, 0.6) is 0 Å². The molecule has 0 bridgehead atoms. The van der Waals surface area contributed by atoms with E-state index in [2.05, 4.69) is 39.3 Å². The molecule has 0 saturated carbocycles. The number of methoxy groups -OCH3 is 2. The van der Waals surface area contributed by atoms with Gasteiger partial charge in [0.15, 0.2) is 16.6 Å². The van der Waals surface area contributed by atoms with Crippen LogP contribution in [-0.4, -0.2) is 74.9 Å². The van der Waals surface area contributed by atoms with E-state index in [1.165, 1.54) is 0 Å². The Labute approximate surface area is 158 Å². The molecule has 0 aliphatic heterocycles. The Morgan fingerprint density at radius 2 is 0.800 bits per heavy atom. The summed E-state index contributed by atoms with van der Waals surface area (Å²) in [6.07, 6.45) is 0. The lowest BCUT2D eigenvalue weighted by molar-refractivity contribution is 0.0642. The lowest BCUT2D eigenvalue weighted by Gasteiger charge is -2.40. The number of hydrogen-bond donors (Lipinski definition) is 0. The predicted molar refractivity (Wildman–Crippen MR) is 109 cm³/mol. The van der Waals surface area contributed by atoms with Gasteiger partial charge < -0.3 is 30.7 Å². The molecule has 0 heterocycles. The first kappa shape index (κ1) is 25.6. The van der Waals surface area contributed by atoms with E-state index in [1.807, 2.05) is 13.1 Å². The molecule has 0 amide bonds. The van der Waals surface area contributed by atoms with Crippen molar-refractivity contribution >= 4 is 34.2 Å². The smallest absolute Gasteiger partial charge is 0.416 e. The molecule has 0 N–H and O–H groups in total. The van der Waals surface area contributed by atoms with Crippen LogP contribution in [0.3, 0.4) is 0 Å². The largest absolute Gasteiger partial charge is 0.479 e. The maximum atomic E-state index is 6.42. The van der Waals surface area contributed by atoms with Gasteiger partial charge in [-0.3, -0.25) is 0 Å². The molecular weight excluding hydrogens is 392 g/mol. The molecule has 0 saturated heterocycles. The van der Waals surface area contributed by atoms with E-state index in [4.69, 9.17) is 30.7 Å². The van der Waals surface area contributed by atoms with Gasteiger partial charge in [0.25, 0.3) is 0 Å². The predicted octanol–water partition coefficient (Wildman–Crippen LogP) is 3.17. The van der Waals surface area contributed by atoms with Gasteiger partial charge in [-0.2, -0.15) is 0 Å². The average Bonchev–Trinajstić information content (AvgIpc) is 2.33. The Bertz CT molecular complexity index is 341. The third-order valence-electron chi connectivity index (χ3n) is 2.66. The fourth-order valence-electron chi connectivity index (χ4n) is 2.23. The standard InChI is InChI=1S/C14H38O7Si4/c1-15-11-13-17-24(9,19-22(3,4)5)21-25(10,18-14-12-16-2)20-23(6,7)8/h11-14H2,1-10H3. The lowest BCUT2D eigenvalue weighted by Crippen LogP contribution is -2.61. The summed E-state index contributed by atoms with van der Waals surface area (Å²) in [5, 5.41) is 0. The van der Waals surface area contributed by atoms with Crippen LogP contribution in [0.1, 0.15) is 0 Å². The third-order valence-corrected chi connectivity index (χ3v) is 14.9. The van der Waals surface area contributed by atoms with Crippen LogP contribution in [0, 0.1) is 0 Å². The summed E-state index contributed by atoms with van der Waals surface area (Å²) in [5.74, 6) is 0. The van der Waals surface area contributed by atoms with Gasteiger partial charge in [-0.1, -0.05) is 0 Å². The van der Waals surface area contributed by atoms with E-state index in [9.17, 15) is 0 Å². The van der Waals surface area contributed by atoms with Gasteiger partial charge >= 0.3 is 17.6 Å².